The molecule has 1 aromatic carbocycles. The smallest absolute Gasteiger partial charge is 0.287 e. The van der Waals surface area contributed by atoms with Crippen LogP contribution < -0.4 is 5.32 Å². The fourth-order valence-electron chi connectivity index (χ4n) is 1.15. The summed E-state index contributed by atoms with van der Waals surface area (Å²) in [5, 5.41) is 3.76. The van der Waals surface area contributed by atoms with Gasteiger partial charge < -0.3 is 0 Å². The van der Waals surface area contributed by atoms with Gasteiger partial charge in [0.05, 0.1) is 5.69 Å². The molecule has 5 heteroatoms. The molecule has 0 heterocycles. The fourth-order valence-corrected chi connectivity index (χ4v) is 2.05. The van der Waals surface area contributed by atoms with Gasteiger partial charge in [-0.1, -0.05) is 12.1 Å². The molecule has 0 saturated heterocycles. The van der Waals surface area contributed by atoms with Gasteiger partial charge in [-0.05, 0) is 18.6 Å². The Kier molecular flexibility index (Phi) is 2.58. The van der Waals surface area contributed by atoms with E-state index >= 15 is 0 Å². The third-order valence-electron chi connectivity index (χ3n) is 1.69. The van der Waals surface area contributed by atoms with Crippen LogP contribution in [-0.4, -0.2) is 20.0 Å². The lowest BCUT2D eigenvalue weighted by atomic mass is 10.2. The van der Waals surface area contributed by atoms with E-state index in [2.05, 4.69) is 5.32 Å². The summed E-state index contributed by atoms with van der Waals surface area (Å²) in [6.07, 6.45) is 0. The second-order valence-electron chi connectivity index (χ2n) is 2.62. The molecule has 0 spiro atoms. The molecule has 4 nitrogen and oxygen atoms in total. The highest BCUT2D eigenvalue weighted by atomic mass is 32.2. The Morgan fingerprint density at radius 1 is 1.38 bits per heavy atom. The number of nitrogens with zero attached hydrogens (tertiary/aromatic N) is 1. The van der Waals surface area contributed by atoms with Gasteiger partial charge in [-0.2, -0.15) is 8.42 Å². The number of aryl methyl sites for hydroxylation is 1. The molecule has 0 fully saturated rings. The molecule has 0 aliphatic heterocycles. The van der Waals surface area contributed by atoms with Gasteiger partial charge in [0.25, 0.3) is 10.1 Å². The molecule has 1 radical (unpaired) electrons. The minimum absolute atomic E-state index is 0.113. The van der Waals surface area contributed by atoms with Crippen molar-refractivity contribution in [2.75, 3.05) is 7.05 Å². The largest absolute Gasteiger partial charge is 0.296 e. The van der Waals surface area contributed by atoms with Gasteiger partial charge in [0.2, 0.25) is 0 Å². The minimum atomic E-state index is -4.17. The van der Waals surface area contributed by atoms with Crippen molar-refractivity contribution in [3.05, 3.63) is 23.8 Å². The lowest BCUT2D eigenvalue weighted by Crippen LogP contribution is -2.04. The van der Waals surface area contributed by atoms with Crippen molar-refractivity contribution in [3.8, 4) is 0 Å². The molecule has 0 bridgehead atoms. The van der Waals surface area contributed by atoms with Gasteiger partial charge in [-0.15, -0.1) is 0 Å². The maximum Gasteiger partial charge on any atom is 0.296 e. The summed E-state index contributed by atoms with van der Waals surface area (Å²) in [6.45, 7) is 1.61. The molecular weight excluding hydrogens is 190 g/mol. The van der Waals surface area contributed by atoms with Crippen molar-refractivity contribution in [3.63, 3.8) is 0 Å². The van der Waals surface area contributed by atoms with Crippen LogP contribution in [-0.2, 0) is 10.1 Å². The topological polar surface area (TPSA) is 68.5 Å². The second kappa shape index (κ2) is 3.35. The Balaban J connectivity index is 3.50. The monoisotopic (exact) mass is 200 g/mol. The number of hydrogen-bond acceptors (Lipinski definition) is 2. The maximum atomic E-state index is 10.9. The fraction of sp³-hybridized carbons (Fsp3) is 0.250. The SMILES string of the molecule is C[N]c1cccc(C)c1S(=O)(=O)O. The van der Waals surface area contributed by atoms with E-state index in [9.17, 15) is 8.42 Å². The van der Waals surface area contributed by atoms with E-state index < -0.39 is 10.1 Å². The van der Waals surface area contributed by atoms with Crippen molar-refractivity contribution >= 4 is 15.8 Å². The van der Waals surface area contributed by atoms with E-state index in [1.807, 2.05) is 0 Å². The molecule has 1 N–H and O–H groups in total. The van der Waals surface area contributed by atoms with Crippen LogP contribution in [0.1, 0.15) is 5.56 Å². The van der Waals surface area contributed by atoms with Crippen LogP contribution in [0.4, 0.5) is 5.69 Å². The average molecular weight is 200 g/mol. The van der Waals surface area contributed by atoms with E-state index in [1.54, 1.807) is 19.1 Å². The molecule has 0 aromatic heterocycles. The highest BCUT2D eigenvalue weighted by Gasteiger charge is 2.17. The highest BCUT2D eigenvalue weighted by Crippen LogP contribution is 2.23. The summed E-state index contributed by atoms with van der Waals surface area (Å²) in [6, 6.07) is 4.83. The standard InChI is InChI=1S/C8H10NO3S/c1-6-4-3-5-7(9-2)8(6)13(10,11)12/h3-5H,1-2H3,(H,10,11,12). The lowest BCUT2D eigenvalue weighted by Gasteiger charge is -2.06. The van der Waals surface area contributed by atoms with E-state index in [0.717, 1.165) is 0 Å². The molecule has 0 unspecified atom stereocenters. The zero-order valence-corrected chi connectivity index (χ0v) is 8.17. The van der Waals surface area contributed by atoms with Gasteiger partial charge >= 0.3 is 0 Å². The van der Waals surface area contributed by atoms with Crippen LogP contribution in [0.25, 0.3) is 0 Å². The van der Waals surface area contributed by atoms with E-state index in [4.69, 9.17) is 4.55 Å². The molecule has 1 rings (SSSR count). The maximum absolute atomic E-state index is 10.9. The van der Waals surface area contributed by atoms with Crippen LogP contribution in [0, 0.1) is 6.92 Å². The van der Waals surface area contributed by atoms with E-state index in [1.165, 1.54) is 13.1 Å². The van der Waals surface area contributed by atoms with E-state index in [0.29, 0.717) is 5.56 Å². The Morgan fingerprint density at radius 2 is 2.00 bits per heavy atom. The zero-order valence-electron chi connectivity index (χ0n) is 7.35. The van der Waals surface area contributed by atoms with Gasteiger partial charge in [0, 0.05) is 7.05 Å². The average Bonchev–Trinajstić information content (AvgIpc) is 2.01. The molecule has 0 saturated carbocycles. The Labute approximate surface area is 77.3 Å². The number of benzene rings is 1. The first-order chi connectivity index (χ1) is 5.96. The summed E-state index contributed by atoms with van der Waals surface area (Å²) < 4.78 is 30.8. The molecule has 71 valence electrons. The zero-order chi connectivity index (χ0) is 10.1. The second-order valence-corrected chi connectivity index (χ2v) is 3.98. The lowest BCUT2D eigenvalue weighted by molar-refractivity contribution is 0.482. The van der Waals surface area contributed by atoms with Crippen molar-refractivity contribution in [2.24, 2.45) is 0 Å². The molecular formula is C8H10NO3S. The van der Waals surface area contributed by atoms with Crippen molar-refractivity contribution < 1.29 is 13.0 Å². The summed E-state index contributed by atoms with van der Waals surface area (Å²) in [4.78, 5) is -0.113. The van der Waals surface area contributed by atoms with Crippen molar-refractivity contribution in [1.29, 1.82) is 0 Å². The third kappa shape index (κ3) is 1.99. The van der Waals surface area contributed by atoms with Crippen LogP contribution >= 0.6 is 0 Å². The Bertz CT molecular complexity index is 411. The van der Waals surface area contributed by atoms with Gasteiger partial charge in [-0.3, -0.25) is 9.87 Å². The quantitative estimate of drug-likeness (QED) is 0.727. The molecule has 0 aliphatic rings. The summed E-state index contributed by atoms with van der Waals surface area (Å²) >= 11 is 0. The van der Waals surface area contributed by atoms with Crippen LogP contribution in [0.15, 0.2) is 23.1 Å². The number of hydrogen-bond donors (Lipinski definition) is 1. The predicted molar refractivity (Wildman–Crippen MR) is 48.7 cm³/mol. The first-order valence-corrected chi connectivity index (χ1v) is 5.07. The van der Waals surface area contributed by atoms with Gasteiger partial charge in [-0.25, -0.2) is 0 Å². The Hall–Kier alpha value is -1.07. The van der Waals surface area contributed by atoms with Crippen molar-refractivity contribution in [2.45, 2.75) is 11.8 Å². The predicted octanol–water partition coefficient (Wildman–Crippen LogP) is 1.11. The first kappa shape index (κ1) is 10.0. The first-order valence-electron chi connectivity index (χ1n) is 3.63. The summed E-state index contributed by atoms with van der Waals surface area (Å²) in [7, 11) is -2.69. The van der Waals surface area contributed by atoms with Gasteiger partial charge in [0.1, 0.15) is 4.90 Å². The minimum Gasteiger partial charge on any atom is -0.287 e. The highest BCUT2D eigenvalue weighted by molar-refractivity contribution is 7.86. The number of rotatable bonds is 2. The molecule has 0 atom stereocenters. The van der Waals surface area contributed by atoms with Crippen molar-refractivity contribution in [1.82, 2.24) is 5.32 Å². The third-order valence-corrected chi connectivity index (χ3v) is 2.74. The summed E-state index contributed by atoms with van der Waals surface area (Å²) in [5.74, 6) is 0. The van der Waals surface area contributed by atoms with Crippen LogP contribution in [0.3, 0.4) is 0 Å². The Morgan fingerprint density at radius 3 is 2.38 bits per heavy atom. The summed E-state index contributed by atoms with van der Waals surface area (Å²) in [5.41, 5.74) is 0.771. The van der Waals surface area contributed by atoms with E-state index in [-0.39, 0.29) is 10.6 Å². The molecule has 1 aromatic rings. The molecule has 0 amide bonds. The van der Waals surface area contributed by atoms with Crippen LogP contribution in [0.5, 0.6) is 0 Å². The molecule has 13 heavy (non-hydrogen) atoms. The normalized spacial score (nSPS) is 11.3. The van der Waals surface area contributed by atoms with Gasteiger partial charge in [0.15, 0.2) is 0 Å². The van der Waals surface area contributed by atoms with Crippen LogP contribution in [0.2, 0.25) is 0 Å². The molecule has 0 aliphatic carbocycles.